The Kier molecular flexibility index (Phi) is 5.60. The molecule has 0 saturated heterocycles. The second kappa shape index (κ2) is 8.45. The van der Waals surface area contributed by atoms with Crippen LogP contribution in [0.3, 0.4) is 0 Å². The second-order valence-corrected chi connectivity index (χ2v) is 10.5. The smallest absolute Gasteiger partial charge is 0.277 e. The van der Waals surface area contributed by atoms with E-state index in [1.165, 1.54) is 6.42 Å². The van der Waals surface area contributed by atoms with E-state index in [9.17, 15) is 9.59 Å². The number of aromatic nitrogens is 2. The summed E-state index contributed by atoms with van der Waals surface area (Å²) in [6.07, 6.45) is 5.48. The zero-order valence-corrected chi connectivity index (χ0v) is 20.2. The number of rotatable bonds is 4. The van der Waals surface area contributed by atoms with Crippen molar-refractivity contribution in [3.05, 3.63) is 58.6 Å². The van der Waals surface area contributed by atoms with Crippen LogP contribution in [-0.4, -0.2) is 33.2 Å². The fourth-order valence-electron chi connectivity index (χ4n) is 5.15. The first-order chi connectivity index (χ1) is 15.9. The summed E-state index contributed by atoms with van der Waals surface area (Å²) in [5, 5.41) is 10.0. The summed E-state index contributed by atoms with van der Waals surface area (Å²) >= 11 is 1.59. The van der Waals surface area contributed by atoms with Gasteiger partial charge in [-0.05, 0) is 62.8 Å². The molecule has 2 aromatic heterocycles. The van der Waals surface area contributed by atoms with Crippen LogP contribution in [0.15, 0.2) is 41.8 Å². The SMILES string of the molecule is Cc1ccc(N2C(=O)c3cc(-c4cccs4)nn3C[C@@]2(C)C(=O)NC2CCCCC2)c(C)c1. The molecule has 1 fully saturated rings. The Labute approximate surface area is 198 Å². The molecule has 172 valence electrons. The molecule has 1 aliphatic heterocycles. The highest BCUT2D eigenvalue weighted by Crippen LogP contribution is 2.37. The summed E-state index contributed by atoms with van der Waals surface area (Å²) in [5.41, 5.74) is 3.08. The van der Waals surface area contributed by atoms with E-state index in [1.54, 1.807) is 20.9 Å². The van der Waals surface area contributed by atoms with Crippen molar-refractivity contribution < 1.29 is 9.59 Å². The molecule has 5 rings (SSSR count). The molecule has 2 aliphatic rings. The van der Waals surface area contributed by atoms with Crippen molar-refractivity contribution in [1.82, 2.24) is 15.1 Å². The highest BCUT2D eigenvalue weighted by Gasteiger charge is 2.49. The van der Waals surface area contributed by atoms with Crippen LogP contribution in [0.5, 0.6) is 0 Å². The molecule has 3 aromatic rings. The summed E-state index contributed by atoms with van der Waals surface area (Å²) in [4.78, 5) is 30.4. The first-order valence-corrected chi connectivity index (χ1v) is 12.6. The van der Waals surface area contributed by atoms with E-state index in [0.717, 1.165) is 53.1 Å². The maximum Gasteiger partial charge on any atom is 0.277 e. The number of hydrogen-bond donors (Lipinski definition) is 1. The molecule has 2 amide bonds. The average molecular weight is 463 g/mol. The van der Waals surface area contributed by atoms with Crippen LogP contribution in [0, 0.1) is 13.8 Å². The summed E-state index contributed by atoms with van der Waals surface area (Å²) in [5.74, 6) is -0.300. The van der Waals surface area contributed by atoms with Gasteiger partial charge >= 0.3 is 0 Å². The van der Waals surface area contributed by atoms with Gasteiger partial charge in [-0.25, -0.2) is 0 Å². The number of anilines is 1. The molecule has 1 aliphatic carbocycles. The van der Waals surface area contributed by atoms with Gasteiger partial charge in [-0.1, -0.05) is 43.0 Å². The van der Waals surface area contributed by atoms with Crippen molar-refractivity contribution in [2.75, 3.05) is 4.90 Å². The van der Waals surface area contributed by atoms with E-state index >= 15 is 0 Å². The number of amides is 2. The summed E-state index contributed by atoms with van der Waals surface area (Å²) in [7, 11) is 0. The Morgan fingerprint density at radius 2 is 1.94 bits per heavy atom. The number of fused-ring (bicyclic) bond motifs is 1. The molecule has 0 radical (unpaired) electrons. The van der Waals surface area contributed by atoms with Crippen LogP contribution in [0.25, 0.3) is 10.6 Å². The molecule has 0 unspecified atom stereocenters. The first kappa shape index (κ1) is 21.9. The van der Waals surface area contributed by atoms with Crippen molar-refractivity contribution in [2.24, 2.45) is 0 Å². The van der Waals surface area contributed by atoms with Crippen LogP contribution in [0.4, 0.5) is 5.69 Å². The zero-order chi connectivity index (χ0) is 23.2. The summed E-state index contributed by atoms with van der Waals surface area (Å²) < 4.78 is 1.72. The largest absolute Gasteiger partial charge is 0.351 e. The molecule has 1 atom stereocenters. The second-order valence-electron chi connectivity index (χ2n) is 9.56. The third kappa shape index (κ3) is 3.88. The quantitative estimate of drug-likeness (QED) is 0.587. The van der Waals surface area contributed by atoms with Gasteiger partial charge in [0.05, 0.1) is 11.4 Å². The molecule has 6 nitrogen and oxygen atoms in total. The molecule has 33 heavy (non-hydrogen) atoms. The highest BCUT2D eigenvalue weighted by molar-refractivity contribution is 7.13. The van der Waals surface area contributed by atoms with Gasteiger partial charge in [0.2, 0.25) is 5.91 Å². The minimum Gasteiger partial charge on any atom is -0.351 e. The van der Waals surface area contributed by atoms with Crippen molar-refractivity contribution >= 4 is 28.8 Å². The lowest BCUT2D eigenvalue weighted by Crippen LogP contribution is -2.65. The third-order valence-electron chi connectivity index (χ3n) is 6.95. The highest BCUT2D eigenvalue weighted by atomic mass is 32.1. The normalized spacial score (nSPS) is 21.2. The predicted octanol–water partition coefficient (Wildman–Crippen LogP) is 5.10. The van der Waals surface area contributed by atoms with Crippen LogP contribution in [0.2, 0.25) is 0 Å². The lowest BCUT2D eigenvalue weighted by molar-refractivity contribution is -0.127. The van der Waals surface area contributed by atoms with Crippen molar-refractivity contribution in [3.8, 4) is 10.6 Å². The molecule has 3 heterocycles. The summed E-state index contributed by atoms with van der Waals surface area (Å²) in [6.45, 7) is 6.22. The van der Waals surface area contributed by atoms with E-state index in [2.05, 4.69) is 11.4 Å². The van der Waals surface area contributed by atoms with Gasteiger partial charge in [0.1, 0.15) is 16.9 Å². The van der Waals surface area contributed by atoms with Gasteiger partial charge in [-0.15, -0.1) is 11.3 Å². The number of carbonyl (C=O) groups excluding carboxylic acids is 2. The van der Waals surface area contributed by atoms with E-state index in [4.69, 9.17) is 5.10 Å². The van der Waals surface area contributed by atoms with Crippen LogP contribution >= 0.6 is 11.3 Å². The Hall–Kier alpha value is -2.93. The number of hydrogen-bond acceptors (Lipinski definition) is 4. The Bertz CT molecular complexity index is 1190. The maximum absolute atomic E-state index is 13.9. The first-order valence-electron chi connectivity index (χ1n) is 11.7. The van der Waals surface area contributed by atoms with Crippen LogP contribution in [-0.2, 0) is 11.3 Å². The van der Waals surface area contributed by atoms with E-state index in [-0.39, 0.29) is 17.9 Å². The van der Waals surface area contributed by atoms with Gasteiger partial charge in [0.25, 0.3) is 5.91 Å². The third-order valence-corrected chi connectivity index (χ3v) is 7.84. The molecule has 1 aromatic carbocycles. The minimum atomic E-state index is -1.08. The van der Waals surface area contributed by atoms with Crippen molar-refractivity contribution in [2.45, 2.75) is 71.0 Å². The maximum atomic E-state index is 13.9. The molecule has 1 saturated carbocycles. The van der Waals surface area contributed by atoms with Crippen LogP contribution < -0.4 is 10.2 Å². The van der Waals surface area contributed by atoms with E-state index in [1.807, 2.05) is 56.5 Å². The van der Waals surface area contributed by atoms with Gasteiger partial charge in [-0.3, -0.25) is 19.2 Å². The number of benzene rings is 1. The molecular formula is C26H30N4O2S. The lowest BCUT2D eigenvalue weighted by Gasteiger charge is -2.44. The average Bonchev–Trinajstić information content (AvgIpc) is 3.46. The number of nitrogens with zero attached hydrogens (tertiary/aromatic N) is 3. The number of aryl methyl sites for hydroxylation is 2. The molecule has 0 spiro atoms. The fourth-order valence-corrected chi connectivity index (χ4v) is 5.83. The topological polar surface area (TPSA) is 67.2 Å². The van der Waals surface area contributed by atoms with Gasteiger partial charge in [0, 0.05) is 11.7 Å². The predicted molar refractivity (Wildman–Crippen MR) is 132 cm³/mol. The van der Waals surface area contributed by atoms with Gasteiger partial charge in [0.15, 0.2) is 0 Å². The van der Waals surface area contributed by atoms with Gasteiger partial charge < -0.3 is 5.32 Å². The Morgan fingerprint density at radius 1 is 1.15 bits per heavy atom. The van der Waals surface area contributed by atoms with Crippen molar-refractivity contribution in [3.63, 3.8) is 0 Å². The molecular weight excluding hydrogens is 432 g/mol. The number of carbonyl (C=O) groups is 2. The van der Waals surface area contributed by atoms with Crippen molar-refractivity contribution in [1.29, 1.82) is 0 Å². The van der Waals surface area contributed by atoms with Gasteiger partial charge in [-0.2, -0.15) is 5.10 Å². The molecule has 0 bridgehead atoms. The minimum absolute atomic E-state index is 0.110. The van der Waals surface area contributed by atoms with E-state index in [0.29, 0.717) is 12.2 Å². The number of thiophene rings is 1. The fraction of sp³-hybridized carbons (Fsp3) is 0.423. The summed E-state index contributed by atoms with van der Waals surface area (Å²) in [6, 6.07) is 12.0. The number of nitrogens with one attached hydrogen (secondary N) is 1. The standard InChI is InChI=1S/C26H30N4O2S/c1-17-11-12-21(18(2)14-17)30-24(31)22-15-20(23-10-7-13-33-23)28-29(22)16-26(30,3)25(32)27-19-8-5-4-6-9-19/h7,10-15,19H,4-6,8-9,16H2,1-3H3,(H,27,32)/t26-/m0/s1. The van der Waals surface area contributed by atoms with Crippen LogP contribution in [0.1, 0.15) is 60.6 Å². The zero-order valence-electron chi connectivity index (χ0n) is 19.4. The molecule has 1 N–H and O–H groups in total. The van der Waals surface area contributed by atoms with E-state index < -0.39 is 5.54 Å². The Balaban J connectivity index is 1.58. The lowest BCUT2D eigenvalue weighted by atomic mass is 9.90. The monoisotopic (exact) mass is 462 g/mol. The molecule has 7 heteroatoms. The Morgan fingerprint density at radius 3 is 2.64 bits per heavy atom.